The lowest BCUT2D eigenvalue weighted by atomic mass is 10.1. The number of carbonyl (C=O) groups excluding carboxylic acids is 2. The average molecular weight is 291 g/mol. The minimum atomic E-state index is -0.502. The molecule has 0 radical (unpaired) electrons. The van der Waals surface area contributed by atoms with E-state index in [9.17, 15) is 9.59 Å². The summed E-state index contributed by atoms with van der Waals surface area (Å²) in [4.78, 5) is 23.8. The Bertz CT molecular complexity index is 512. The topological polar surface area (TPSA) is 84.2 Å². The van der Waals surface area contributed by atoms with Crippen molar-refractivity contribution in [1.82, 2.24) is 5.32 Å². The third kappa shape index (κ3) is 5.19. The summed E-state index contributed by atoms with van der Waals surface area (Å²) in [6, 6.07) is 4.79. The Morgan fingerprint density at radius 1 is 1.29 bits per heavy atom. The van der Waals surface area contributed by atoms with Crippen LogP contribution in [0.5, 0.6) is 0 Å². The minimum Gasteiger partial charge on any atom is -0.350 e. The molecule has 1 rings (SSSR count). The van der Waals surface area contributed by atoms with Crippen molar-refractivity contribution in [2.24, 2.45) is 5.73 Å². The molecular weight excluding hydrogens is 266 g/mol. The largest absolute Gasteiger partial charge is 0.350 e. The fraction of sp³-hybridized carbons (Fsp3) is 0.500. The summed E-state index contributed by atoms with van der Waals surface area (Å²) in [5, 5.41) is 5.64. The van der Waals surface area contributed by atoms with Crippen molar-refractivity contribution in [3.63, 3.8) is 0 Å². The molecule has 2 amide bonds. The monoisotopic (exact) mass is 291 g/mol. The maximum atomic E-state index is 11.9. The molecule has 0 heterocycles. The van der Waals surface area contributed by atoms with Gasteiger partial charge in [0, 0.05) is 17.3 Å². The van der Waals surface area contributed by atoms with Gasteiger partial charge in [-0.05, 0) is 51.0 Å². The fourth-order valence-corrected chi connectivity index (χ4v) is 1.96. The Labute approximate surface area is 126 Å². The van der Waals surface area contributed by atoms with Crippen molar-refractivity contribution in [3.05, 3.63) is 29.3 Å². The van der Waals surface area contributed by atoms with Crippen LogP contribution < -0.4 is 16.4 Å². The van der Waals surface area contributed by atoms with Crippen LogP contribution >= 0.6 is 0 Å². The molecule has 21 heavy (non-hydrogen) atoms. The minimum absolute atomic E-state index is 0.0872. The van der Waals surface area contributed by atoms with Gasteiger partial charge < -0.3 is 16.4 Å². The lowest BCUT2D eigenvalue weighted by Gasteiger charge is -2.14. The van der Waals surface area contributed by atoms with E-state index in [2.05, 4.69) is 10.6 Å². The van der Waals surface area contributed by atoms with Crippen molar-refractivity contribution >= 4 is 17.5 Å². The third-order valence-corrected chi connectivity index (χ3v) is 3.10. The molecule has 0 spiro atoms. The molecule has 0 aliphatic heterocycles. The maximum Gasteiger partial charge on any atom is 0.251 e. The second-order valence-corrected chi connectivity index (χ2v) is 5.54. The standard InChI is InChI=1S/C16H25N3O2/c1-5-6-13(17)16(21)19-14-8-7-12(9-11(14)4)15(20)18-10(2)3/h7-10,13H,5-6,17H2,1-4H3,(H,18,20)(H,19,21). The second-order valence-electron chi connectivity index (χ2n) is 5.54. The van der Waals surface area contributed by atoms with Crippen LogP contribution in [0.25, 0.3) is 0 Å². The van der Waals surface area contributed by atoms with E-state index in [-0.39, 0.29) is 17.9 Å². The highest BCUT2D eigenvalue weighted by atomic mass is 16.2. The van der Waals surface area contributed by atoms with Crippen LogP contribution in [0.1, 0.15) is 49.5 Å². The first kappa shape index (κ1) is 17.2. The first-order chi connectivity index (χ1) is 9.85. The number of hydrogen-bond donors (Lipinski definition) is 3. The molecule has 1 aromatic carbocycles. The molecule has 1 atom stereocenters. The van der Waals surface area contributed by atoms with Crippen LogP contribution in [0.3, 0.4) is 0 Å². The van der Waals surface area contributed by atoms with E-state index in [1.165, 1.54) is 0 Å². The first-order valence-electron chi connectivity index (χ1n) is 7.33. The van der Waals surface area contributed by atoms with Gasteiger partial charge in [-0.2, -0.15) is 0 Å². The van der Waals surface area contributed by atoms with Gasteiger partial charge in [0.2, 0.25) is 5.91 Å². The summed E-state index contributed by atoms with van der Waals surface area (Å²) in [6.07, 6.45) is 1.52. The van der Waals surface area contributed by atoms with Gasteiger partial charge in [0.15, 0.2) is 0 Å². The molecule has 5 heteroatoms. The normalized spacial score (nSPS) is 12.1. The number of nitrogens with two attached hydrogens (primary N) is 1. The summed E-state index contributed by atoms with van der Waals surface area (Å²) in [5.74, 6) is -0.312. The number of benzene rings is 1. The molecule has 116 valence electrons. The zero-order valence-corrected chi connectivity index (χ0v) is 13.2. The van der Waals surface area contributed by atoms with Gasteiger partial charge in [0.1, 0.15) is 0 Å². The van der Waals surface area contributed by atoms with E-state index in [0.717, 1.165) is 12.0 Å². The van der Waals surface area contributed by atoms with Gasteiger partial charge in [-0.1, -0.05) is 13.3 Å². The van der Waals surface area contributed by atoms with Crippen LogP contribution in [0, 0.1) is 6.92 Å². The molecule has 0 fully saturated rings. The van der Waals surface area contributed by atoms with Crippen molar-refractivity contribution in [3.8, 4) is 0 Å². The summed E-state index contributed by atoms with van der Waals surface area (Å²) >= 11 is 0. The van der Waals surface area contributed by atoms with E-state index < -0.39 is 6.04 Å². The van der Waals surface area contributed by atoms with Crippen molar-refractivity contribution in [2.75, 3.05) is 5.32 Å². The van der Waals surface area contributed by atoms with Crippen LogP contribution in [-0.4, -0.2) is 23.9 Å². The fourth-order valence-electron chi connectivity index (χ4n) is 1.96. The molecule has 1 aromatic rings. The van der Waals surface area contributed by atoms with E-state index in [0.29, 0.717) is 17.7 Å². The van der Waals surface area contributed by atoms with E-state index in [1.54, 1.807) is 18.2 Å². The highest BCUT2D eigenvalue weighted by Gasteiger charge is 2.14. The van der Waals surface area contributed by atoms with Crippen molar-refractivity contribution in [2.45, 2.75) is 52.6 Å². The van der Waals surface area contributed by atoms with Gasteiger partial charge in [-0.3, -0.25) is 9.59 Å². The molecule has 5 nitrogen and oxygen atoms in total. The Hall–Kier alpha value is -1.88. The number of rotatable bonds is 6. The molecule has 0 saturated heterocycles. The van der Waals surface area contributed by atoms with Gasteiger partial charge >= 0.3 is 0 Å². The van der Waals surface area contributed by atoms with Crippen LogP contribution in [-0.2, 0) is 4.79 Å². The molecule has 1 unspecified atom stereocenters. The molecule has 0 saturated carbocycles. The summed E-state index contributed by atoms with van der Waals surface area (Å²) < 4.78 is 0. The molecule has 0 aliphatic carbocycles. The number of anilines is 1. The van der Waals surface area contributed by atoms with Crippen LogP contribution in [0.4, 0.5) is 5.69 Å². The molecule has 0 aromatic heterocycles. The lowest BCUT2D eigenvalue weighted by Crippen LogP contribution is -2.35. The summed E-state index contributed by atoms with van der Waals surface area (Å²) in [5.41, 5.74) is 7.89. The molecular formula is C16H25N3O2. The van der Waals surface area contributed by atoms with Gasteiger partial charge in [-0.15, -0.1) is 0 Å². The summed E-state index contributed by atoms with van der Waals surface area (Å²) in [6.45, 7) is 7.66. The maximum absolute atomic E-state index is 11.9. The third-order valence-electron chi connectivity index (χ3n) is 3.10. The number of nitrogens with one attached hydrogen (secondary N) is 2. The number of aryl methyl sites for hydroxylation is 1. The average Bonchev–Trinajstić information content (AvgIpc) is 2.40. The quantitative estimate of drug-likeness (QED) is 0.751. The zero-order valence-electron chi connectivity index (χ0n) is 13.2. The molecule has 0 bridgehead atoms. The summed E-state index contributed by atoms with van der Waals surface area (Å²) in [7, 11) is 0. The van der Waals surface area contributed by atoms with Gasteiger partial charge in [0.05, 0.1) is 6.04 Å². The van der Waals surface area contributed by atoms with Gasteiger partial charge in [0.25, 0.3) is 5.91 Å². The Morgan fingerprint density at radius 3 is 2.48 bits per heavy atom. The Morgan fingerprint density at radius 2 is 1.95 bits per heavy atom. The Kier molecular flexibility index (Phi) is 6.37. The molecule has 0 aliphatic rings. The van der Waals surface area contributed by atoms with E-state index >= 15 is 0 Å². The van der Waals surface area contributed by atoms with Crippen LogP contribution in [0.15, 0.2) is 18.2 Å². The number of carbonyl (C=O) groups is 2. The smallest absolute Gasteiger partial charge is 0.251 e. The van der Waals surface area contributed by atoms with Crippen molar-refractivity contribution in [1.29, 1.82) is 0 Å². The zero-order chi connectivity index (χ0) is 16.0. The second kappa shape index (κ2) is 7.78. The highest BCUT2D eigenvalue weighted by Crippen LogP contribution is 2.17. The van der Waals surface area contributed by atoms with Gasteiger partial charge in [-0.25, -0.2) is 0 Å². The van der Waals surface area contributed by atoms with Crippen LogP contribution in [0.2, 0.25) is 0 Å². The molecule has 4 N–H and O–H groups in total. The predicted octanol–water partition coefficient (Wildman–Crippen LogP) is 2.20. The van der Waals surface area contributed by atoms with E-state index in [1.807, 2.05) is 27.7 Å². The lowest BCUT2D eigenvalue weighted by molar-refractivity contribution is -0.117. The highest BCUT2D eigenvalue weighted by molar-refractivity contribution is 5.98. The van der Waals surface area contributed by atoms with E-state index in [4.69, 9.17) is 5.73 Å². The SMILES string of the molecule is CCCC(N)C(=O)Nc1ccc(C(=O)NC(C)C)cc1C. The first-order valence-corrected chi connectivity index (χ1v) is 7.33. The number of amides is 2. The predicted molar refractivity (Wildman–Crippen MR) is 85.3 cm³/mol. The Balaban J connectivity index is 2.79. The van der Waals surface area contributed by atoms with Crippen molar-refractivity contribution < 1.29 is 9.59 Å². The number of hydrogen-bond acceptors (Lipinski definition) is 3.